The molecule has 3 aliphatic heterocycles. The van der Waals surface area contributed by atoms with Gasteiger partial charge < -0.3 is 19.9 Å². The number of carbonyl (C=O) groups excluding carboxylic acids is 1. The Morgan fingerprint density at radius 2 is 1.95 bits per heavy atom. The van der Waals surface area contributed by atoms with Gasteiger partial charge in [0.25, 0.3) is 5.91 Å². The third-order valence-corrected chi connectivity index (χ3v) is 8.42. The molecular formula is C27H31FN4O4S. The average Bonchev–Trinajstić information content (AvgIpc) is 3.24. The van der Waals surface area contributed by atoms with Gasteiger partial charge in [0.05, 0.1) is 11.4 Å². The summed E-state index contributed by atoms with van der Waals surface area (Å²) >= 11 is -1.33. The van der Waals surface area contributed by atoms with Gasteiger partial charge in [0.2, 0.25) is 0 Å². The van der Waals surface area contributed by atoms with Crippen LogP contribution >= 0.6 is 0 Å². The lowest BCUT2D eigenvalue weighted by Crippen LogP contribution is -2.50. The minimum atomic E-state index is -1.33. The van der Waals surface area contributed by atoms with Crippen LogP contribution in [0.15, 0.2) is 52.9 Å². The molecule has 0 aromatic heterocycles. The fourth-order valence-corrected chi connectivity index (χ4v) is 5.93. The van der Waals surface area contributed by atoms with Gasteiger partial charge in [-0.1, -0.05) is 18.2 Å². The Hall–Kier alpha value is -2.92. The third kappa shape index (κ3) is 5.82. The standard InChI is InChI=1S/C27H31FN4O4S/c1-19-17-23(35-22-7-12-29-13-8-22)6-5-20(19)9-16-37(34)32-14-10-27(11-15-32)26(33)30-25(31-27)21-3-2-4-24(18-21)36-28/h2-6,9,16-18,22,29H,7-8,10-15H2,1H3,(H,30,31,33)/b16-9+/t37-/m0/s1. The Morgan fingerprint density at radius 3 is 2.68 bits per heavy atom. The number of ether oxygens (including phenoxy) is 1. The second-order valence-electron chi connectivity index (χ2n) is 9.64. The van der Waals surface area contributed by atoms with Crippen molar-refractivity contribution < 1.29 is 23.6 Å². The largest absolute Gasteiger partial charge is 0.593 e. The van der Waals surface area contributed by atoms with Crippen molar-refractivity contribution in [2.24, 2.45) is 4.99 Å². The summed E-state index contributed by atoms with van der Waals surface area (Å²) < 4.78 is 33.5. The van der Waals surface area contributed by atoms with E-state index in [-0.39, 0.29) is 17.8 Å². The lowest BCUT2D eigenvalue weighted by molar-refractivity contribution is -0.124. The van der Waals surface area contributed by atoms with Gasteiger partial charge in [0.15, 0.2) is 5.75 Å². The van der Waals surface area contributed by atoms with Crippen molar-refractivity contribution in [2.45, 2.75) is 44.2 Å². The third-order valence-electron chi connectivity index (χ3n) is 7.18. The van der Waals surface area contributed by atoms with Gasteiger partial charge in [-0.15, -0.1) is 4.31 Å². The van der Waals surface area contributed by atoms with Crippen LogP contribution < -0.4 is 20.3 Å². The smallest absolute Gasteiger partial charge is 0.253 e. The molecule has 196 valence electrons. The van der Waals surface area contributed by atoms with E-state index >= 15 is 0 Å². The fourth-order valence-electron chi connectivity index (χ4n) is 4.95. The van der Waals surface area contributed by atoms with Crippen LogP contribution in [0.25, 0.3) is 6.08 Å². The van der Waals surface area contributed by atoms with Crippen molar-refractivity contribution in [2.75, 3.05) is 26.2 Å². The van der Waals surface area contributed by atoms with Crippen LogP contribution in [0.4, 0.5) is 4.53 Å². The first kappa shape index (κ1) is 25.7. The molecule has 1 spiro atoms. The molecule has 0 bridgehead atoms. The number of amidine groups is 1. The first-order chi connectivity index (χ1) is 18.0. The van der Waals surface area contributed by atoms with E-state index in [2.05, 4.69) is 20.6 Å². The molecule has 0 radical (unpaired) electrons. The molecule has 3 aliphatic rings. The Labute approximate surface area is 219 Å². The van der Waals surface area contributed by atoms with E-state index in [0.29, 0.717) is 37.3 Å². The molecule has 2 N–H and O–H groups in total. The van der Waals surface area contributed by atoms with Gasteiger partial charge in [0.1, 0.15) is 28.6 Å². The molecule has 2 saturated heterocycles. The maximum absolute atomic E-state index is 13.0. The lowest BCUT2D eigenvalue weighted by atomic mass is 9.89. The summed E-state index contributed by atoms with van der Waals surface area (Å²) in [6.07, 6.45) is 5.03. The summed E-state index contributed by atoms with van der Waals surface area (Å²) in [6, 6.07) is 12.3. The van der Waals surface area contributed by atoms with Crippen LogP contribution in [0.5, 0.6) is 11.5 Å². The first-order valence-corrected chi connectivity index (χ1v) is 13.7. The number of carbonyl (C=O) groups is 1. The SMILES string of the molecule is Cc1cc(OC2CCNCC2)ccc1/C=C/[S@+]([O-])N1CCC2(CC1)N=C(c1cccc(OF)c1)NC2=O. The molecule has 37 heavy (non-hydrogen) atoms. The number of hydrogen-bond donors (Lipinski definition) is 2. The zero-order valence-electron chi connectivity index (χ0n) is 20.7. The number of amides is 1. The topological polar surface area (TPSA) is 98.2 Å². The van der Waals surface area contributed by atoms with E-state index in [1.54, 1.807) is 17.5 Å². The number of rotatable bonds is 7. The van der Waals surface area contributed by atoms with E-state index in [4.69, 9.17) is 4.74 Å². The zero-order chi connectivity index (χ0) is 25.8. The molecule has 0 unspecified atom stereocenters. The van der Waals surface area contributed by atoms with Crippen molar-refractivity contribution in [1.82, 2.24) is 14.9 Å². The highest BCUT2D eigenvalue weighted by atomic mass is 32.2. The number of aliphatic imine (C=N–C) groups is 1. The number of nitrogens with one attached hydrogen (secondary N) is 2. The number of benzene rings is 2. The summed E-state index contributed by atoms with van der Waals surface area (Å²) in [4.78, 5) is 21.3. The van der Waals surface area contributed by atoms with Crippen molar-refractivity contribution >= 4 is 29.2 Å². The quantitative estimate of drug-likeness (QED) is 0.537. The highest BCUT2D eigenvalue weighted by Crippen LogP contribution is 2.33. The Morgan fingerprint density at radius 1 is 1.16 bits per heavy atom. The monoisotopic (exact) mass is 526 g/mol. The zero-order valence-corrected chi connectivity index (χ0v) is 21.6. The predicted octanol–water partition coefficient (Wildman–Crippen LogP) is 3.43. The maximum atomic E-state index is 13.0. The summed E-state index contributed by atoms with van der Waals surface area (Å²) in [6.45, 7) is 4.92. The molecule has 5 rings (SSSR count). The molecule has 10 heteroatoms. The average molecular weight is 527 g/mol. The Balaban J connectivity index is 1.18. The molecule has 0 saturated carbocycles. The highest BCUT2D eigenvalue weighted by molar-refractivity contribution is 7.92. The summed E-state index contributed by atoms with van der Waals surface area (Å²) in [5, 5.41) is 7.85. The van der Waals surface area contributed by atoms with E-state index in [1.165, 1.54) is 12.1 Å². The van der Waals surface area contributed by atoms with Crippen molar-refractivity contribution in [1.29, 1.82) is 0 Å². The van der Waals surface area contributed by atoms with Crippen LogP contribution in [0, 0.1) is 6.92 Å². The fraction of sp³-hybridized carbons (Fsp3) is 0.407. The van der Waals surface area contributed by atoms with E-state index in [9.17, 15) is 13.9 Å². The van der Waals surface area contributed by atoms with Gasteiger partial charge in [-0.3, -0.25) is 14.7 Å². The second-order valence-corrected chi connectivity index (χ2v) is 11.0. The molecule has 1 amide bonds. The highest BCUT2D eigenvalue weighted by Gasteiger charge is 2.47. The molecule has 2 fully saturated rings. The molecular weight excluding hydrogens is 495 g/mol. The van der Waals surface area contributed by atoms with Gasteiger partial charge in [-0.05, 0) is 87.2 Å². The Bertz CT molecular complexity index is 1190. The summed E-state index contributed by atoms with van der Waals surface area (Å²) in [7, 11) is 0. The first-order valence-electron chi connectivity index (χ1n) is 12.6. The molecule has 8 nitrogen and oxygen atoms in total. The summed E-state index contributed by atoms with van der Waals surface area (Å²) in [5.41, 5.74) is 1.73. The maximum Gasteiger partial charge on any atom is 0.253 e. The number of hydrogen-bond acceptors (Lipinski definition) is 7. The predicted molar refractivity (Wildman–Crippen MR) is 141 cm³/mol. The van der Waals surface area contributed by atoms with Crippen LogP contribution in [-0.2, 0) is 16.2 Å². The van der Waals surface area contributed by atoms with Crippen LogP contribution in [0.3, 0.4) is 0 Å². The lowest BCUT2D eigenvalue weighted by Gasteiger charge is -2.34. The van der Waals surface area contributed by atoms with Gasteiger partial charge in [-0.2, -0.15) is 0 Å². The molecule has 0 aliphatic carbocycles. The van der Waals surface area contributed by atoms with E-state index in [0.717, 1.165) is 42.8 Å². The van der Waals surface area contributed by atoms with Crippen LogP contribution in [0.2, 0.25) is 0 Å². The molecule has 1 atom stereocenters. The summed E-state index contributed by atoms with van der Waals surface area (Å²) in [5.74, 6) is 1.13. The van der Waals surface area contributed by atoms with E-state index in [1.807, 2.05) is 35.5 Å². The minimum absolute atomic E-state index is 0.0478. The van der Waals surface area contributed by atoms with Gasteiger partial charge in [-0.25, -0.2) is 0 Å². The molecule has 2 aromatic carbocycles. The van der Waals surface area contributed by atoms with Gasteiger partial charge in [0, 0.05) is 23.2 Å². The normalized spacial score (nSPS) is 21.2. The van der Waals surface area contributed by atoms with Crippen molar-refractivity contribution in [3.8, 4) is 11.5 Å². The molecule has 2 aromatic rings. The number of piperidine rings is 2. The van der Waals surface area contributed by atoms with Crippen molar-refractivity contribution in [3.63, 3.8) is 0 Å². The van der Waals surface area contributed by atoms with Gasteiger partial charge >= 0.3 is 0 Å². The molecule has 3 heterocycles. The Kier molecular flexibility index (Phi) is 7.80. The van der Waals surface area contributed by atoms with Crippen LogP contribution in [-0.4, -0.2) is 58.4 Å². The van der Waals surface area contributed by atoms with Crippen molar-refractivity contribution in [3.05, 3.63) is 64.6 Å². The number of aryl methyl sites for hydroxylation is 1. The van der Waals surface area contributed by atoms with Crippen LogP contribution in [0.1, 0.15) is 42.4 Å². The minimum Gasteiger partial charge on any atom is -0.593 e. The van der Waals surface area contributed by atoms with E-state index < -0.39 is 16.9 Å². The number of halogens is 1. The second kappa shape index (κ2) is 11.2. The number of nitrogens with zero attached hydrogens (tertiary/aromatic N) is 2.